The van der Waals surface area contributed by atoms with Crippen LogP contribution in [0.2, 0.25) is 0 Å². The number of H-pyrrole nitrogens is 1. The summed E-state index contributed by atoms with van der Waals surface area (Å²) < 4.78 is 16.2. The normalized spacial score (nSPS) is 11.8. The van der Waals surface area contributed by atoms with Crippen molar-refractivity contribution < 1.29 is 19.3 Å². The van der Waals surface area contributed by atoms with E-state index in [1.54, 1.807) is 26.6 Å². The Labute approximate surface area is 170 Å². The number of aliphatic hydroxyl groups excluding tert-OH is 1. The minimum Gasteiger partial charge on any atom is -0.493 e. The average molecular weight is 397 g/mol. The van der Waals surface area contributed by atoms with Gasteiger partial charge < -0.3 is 29.6 Å². The van der Waals surface area contributed by atoms with Gasteiger partial charge in [0.25, 0.3) is 0 Å². The molecular weight excluding hydrogens is 370 g/mol. The van der Waals surface area contributed by atoms with E-state index in [9.17, 15) is 5.11 Å². The largest absolute Gasteiger partial charge is 0.493 e. The zero-order valence-electron chi connectivity index (χ0n) is 16.7. The summed E-state index contributed by atoms with van der Waals surface area (Å²) in [6.45, 7) is 1.42. The molecule has 29 heavy (non-hydrogen) atoms. The van der Waals surface area contributed by atoms with Gasteiger partial charge in [-0.05, 0) is 54.9 Å². The summed E-state index contributed by atoms with van der Waals surface area (Å²) in [5, 5.41) is 13.4. The smallest absolute Gasteiger partial charge is 0.160 e. The number of aliphatic hydroxyl groups is 1. The molecule has 3 N–H and O–H groups in total. The first kappa shape index (κ1) is 20.7. The van der Waals surface area contributed by atoms with Crippen LogP contribution in [0.5, 0.6) is 17.2 Å². The number of benzene rings is 2. The molecular formula is C22H27N3O4. The van der Waals surface area contributed by atoms with Crippen LogP contribution in [-0.2, 0) is 6.42 Å². The Morgan fingerprint density at radius 3 is 2.55 bits per heavy atom. The maximum atomic E-state index is 10.1. The van der Waals surface area contributed by atoms with E-state index in [4.69, 9.17) is 14.2 Å². The summed E-state index contributed by atoms with van der Waals surface area (Å²) >= 11 is 0. The van der Waals surface area contributed by atoms with Crippen molar-refractivity contribution in [2.24, 2.45) is 0 Å². The molecule has 7 heteroatoms. The van der Waals surface area contributed by atoms with Crippen LogP contribution in [0, 0.1) is 0 Å². The van der Waals surface area contributed by atoms with Crippen LogP contribution < -0.4 is 19.5 Å². The van der Waals surface area contributed by atoms with Crippen molar-refractivity contribution in [2.75, 3.05) is 33.9 Å². The molecule has 0 aliphatic heterocycles. The van der Waals surface area contributed by atoms with Crippen LogP contribution in [0.4, 0.5) is 0 Å². The quantitative estimate of drug-likeness (QED) is 0.431. The van der Waals surface area contributed by atoms with Gasteiger partial charge in [-0.15, -0.1) is 0 Å². The highest BCUT2D eigenvalue weighted by atomic mass is 16.5. The minimum absolute atomic E-state index is 0.226. The topological polar surface area (TPSA) is 88.6 Å². The summed E-state index contributed by atoms with van der Waals surface area (Å²) in [6.07, 6.45) is 3.73. The molecule has 3 rings (SSSR count). The molecule has 0 aliphatic rings. The molecule has 1 heterocycles. The van der Waals surface area contributed by atoms with Crippen molar-refractivity contribution in [3.8, 4) is 28.6 Å². The van der Waals surface area contributed by atoms with Crippen LogP contribution in [0.3, 0.4) is 0 Å². The number of aromatic amines is 1. The van der Waals surface area contributed by atoms with E-state index in [1.165, 1.54) is 0 Å². The molecule has 1 unspecified atom stereocenters. The van der Waals surface area contributed by atoms with Crippen LogP contribution in [-0.4, -0.2) is 55.1 Å². The van der Waals surface area contributed by atoms with Crippen LogP contribution >= 0.6 is 0 Å². The third-order valence-corrected chi connectivity index (χ3v) is 4.49. The molecule has 0 saturated heterocycles. The lowest BCUT2D eigenvalue weighted by Crippen LogP contribution is -2.32. The molecule has 154 valence electrons. The van der Waals surface area contributed by atoms with Crippen molar-refractivity contribution in [3.63, 3.8) is 0 Å². The second kappa shape index (κ2) is 10.5. The van der Waals surface area contributed by atoms with E-state index in [2.05, 4.69) is 15.3 Å². The van der Waals surface area contributed by atoms with Crippen molar-refractivity contribution in [3.05, 3.63) is 60.4 Å². The van der Waals surface area contributed by atoms with E-state index < -0.39 is 6.10 Å². The lowest BCUT2D eigenvalue weighted by molar-refractivity contribution is 0.106. The number of methoxy groups -OCH3 is 2. The third kappa shape index (κ3) is 5.97. The molecule has 0 aliphatic carbocycles. The lowest BCUT2D eigenvalue weighted by atomic mass is 10.1. The molecule has 0 spiro atoms. The predicted molar refractivity (Wildman–Crippen MR) is 112 cm³/mol. The van der Waals surface area contributed by atoms with Gasteiger partial charge in [0.15, 0.2) is 11.5 Å². The lowest BCUT2D eigenvalue weighted by Gasteiger charge is -2.14. The molecule has 1 atom stereocenters. The Morgan fingerprint density at radius 2 is 1.86 bits per heavy atom. The molecule has 0 radical (unpaired) electrons. The number of rotatable bonds is 11. The molecule has 0 fully saturated rings. The number of aromatic nitrogens is 2. The molecule has 0 saturated carbocycles. The highest BCUT2D eigenvalue weighted by molar-refractivity contribution is 5.55. The van der Waals surface area contributed by atoms with Crippen LogP contribution in [0.25, 0.3) is 11.4 Å². The van der Waals surface area contributed by atoms with Crippen molar-refractivity contribution >= 4 is 0 Å². The van der Waals surface area contributed by atoms with Crippen molar-refractivity contribution in [2.45, 2.75) is 12.5 Å². The van der Waals surface area contributed by atoms with E-state index in [-0.39, 0.29) is 6.61 Å². The third-order valence-electron chi connectivity index (χ3n) is 4.49. The zero-order chi connectivity index (χ0) is 20.5. The van der Waals surface area contributed by atoms with Gasteiger partial charge >= 0.3 is 0 Å². The summed E-state index contributed by atoms with van der Waals surface area (Å²) in [4.78, 5) is 7.28. The zero-order valence-corrected chi connectivity index (χ0v) is 16.7. The number of imidazole rings is 1. The fourth-order valence-electron chi connectivity index (χ4n) is 2.92. The molecule has 0 bridgehead atoms. The van der Waals surface area contributed by atoms with Crippen molar-refractivity contribution in [1.82, 2.24) is 15.3 Å². The van der Waals surface area contributed by atoms with Gasteiger partial charge in [0.2, 0.25) is 0 Å². The first-order valence-electron chi connectivity index (χ1n) is 9.52. The van der Waals surface area contributed by atoms with E-state index in [1.807, 2.05) is 42.5 Å². The fourth-order valence-corrected chi connectivity index (χ4v) is 2.92. The highest BCUT2D eigenvalue weighted by Crippen LogP contribution is 2.27. The SMILES string of the molecule is COc1ccc(CCNCC(O)COc2ccc(-c3ncc[nH]3)cc2)cc1OC. The first-order chi connectivity index (χ1) is 14.2. The Bertz CT molecular complexity index is 866. The van der Waals surface area contributed by atoms with Gasteiger partial charge in [-0.25, -0.2) is 4.98 Å². The standard InChI is InChI=1S/C22H27N3O4/c1-27-20-8-3-16(13-21(20)28-2)9-10-23-14-18(26)15-29-19-6-4-17(5-7-19)22-24-11-12-25-22/h3-8,11-13,18,23,26H,9-10,14-15H2,1-2H3,(H,24,25). The van der Waals surface area contributed by atoms with E-state index in [0.717, 1.165) is 35.7 Å². The molecule has 1 aromatic heterocycles. The Balaban J connectivity index is 1.36. The highest BCUT2D eigenvalue weighted by Gasteiger charge is 2.07. The van der Waals surface area contributed by atoms with Gasteiger partial charge in [0.05, 0.1) is 14.2 Å². The Hall–Kier alpha value is -3.03. The number of nitrogens with zero attached hydrogens (tertiary/aromatic N) is 1. The van der Waals surface area contributed by atoms with Crippen molar-refractivity contribution in [1.29, 1.82) is 0 Å². The summed E-state index contributed by atoms with van der Waals surface area (Å²) in [7, 11) is 3.25. The fraction of sp³-hybridized carbons (Fsp3) is 0.318. The van der Waals surface area contributed by atoms with Gasteiger partial charge in [-0.3, -0.25) is 0 Å². The maximum absolute atomic E-state index is 10.1. The number of hydrogen-bond donors (Lipinski definition) is 3. The second-order valence-electron chi connectivity index (χ2n) is 6.57. The van der Waals surface area contributed by atoms with Gasteiger partial charge in [0, 0.05) is 24.5 Å². The molecule has 3 aromatic rings. The van der Waals surface area contributed by atoms with Crippen LogP contribution in [0.15, 0.2) is 54.9 Å². The monoisotopic (exact) mass is 397 g/mol. The minimum atomic E-state index is -0.592. The second-order valence-corrected chi connectivity index (χ2v) is 6.57. The van der Waals surface area contributed by atoms with Gasteiger partial charge in [-0.1, -0.05) is 6.07 Å². The average Bonchev–Trinajstić information content (AvgIpc) is 3.30. The van der Waals surface area contributed by atoms with E-state index in [0.29, 0.717) is 18.0 Å². The molecule has 0 amide bonds. The maximum Gasteiger partial charge on any atom is 0.160 e. The first-order valence-corrected chi connectivity index (χ1v) is 9.52. The van der Waals surface area contributed by atoms with Crippen LogP contribution in [0.1, 0.15) is 5.56 Å². The Kier molecular flexibility index (Phi) is 7.49. The summed E-state index contributed by atoms with van der Waals surface area (Å²) in [5.41, 5.74) is 2.12. The molecule has 7 nitrogen and oxygen atoms in total. The predicted octanol–water partition coefficient (Wildman–Crippen LogP) is 2.67. The van der Waals surface area contributed by atoms with Gasteiger partial charge in [0.1, 0.15) is 24.3 Å². The number of hydrogen-bond acceptors (Lipinski definition) is 6. The number of ether oxygens (including phenoxy) is 3. The van der Waals surface area contributed by atoms with Gasteiger partial charge in [-0.2, -0.15) is 0 Å². The van der Waals surface area contributed by atoms with E-state index >= 15 is 0 Å². The number of nitrogens with one attached hydrogen (secondary N) is 2. The Morgan fingerprint density at radius 1 is 1.07 bits per heavy atom. The molecule has 2 aromatic carbocycles. The summed E-state index contributed by atoms with van der Waals surface area (Å²) in [5.74, 6) is 2.96. The summed E-state index contributed by atoms with van der Waals surface area (Å²) in [6, 6.07) is 13.5.